The van der Waals surface area contributed by atoms with Crippen molar-refractivity contribution < 1.29 is 0 Å². The molecule has 2 aromatic rings. The normalized spacial score (nSPS) is 24.2. The van der Waals surface area contributed by atoms with Gasteiger partial charge in [0.05, 0.1) is 5.39 Å². The maximum atomic E-state index is 12.2. The van der Waals surface area contributed by atoms with Gasteiger partial charge < -0.3 is 15.2 Å². The van der Waals surface area contributed by atoms with Crippen LogP contribution in [0.4, 0.5) is 5.82 Å². The molecule has 2 atom stereocenters. The van der Waals surface area contributed by atoms with E-state index in [0.29, 0.717) is 22.8 Å². The number of nitrogens with zero attached hydrogens (tertiary/aromatic N) is 3. The van der Waals surface area contributed by atoms with Crippen LogP contribution in [-0.4, -0.2) is 46.4 Å². The zero-order chi connectivity index (χ0) is 15.3. The molecule has 2 aliphatic rings. The molecule has 0 amide bonds. The molecule has 2 fully saturated rings. The van der Waals surface area contributed by atoms with Gasteiger partial charge in [-0.25, -0.2) is 9.97 Å². The number of piperazine rings is 1. The zero-order valence-corrected chi connectivity index (χ0v) is 13.5. The Morgan fingerprint density at radius 2 is 2.00 bits per heavy atom. The number of aryl methyl sites for hydroxylation is 1. The lowest BCUT2D eigenvalue weighted by Gasteiger charge is -2.34. The van der Waals surface area contributed by atoms with Crippen molar-refractivity contribution in [3.05, 3.63) is 22.1 Å². The summed E-state index contributed by atoms with van der Waals surface area (Å²) in [5, 5.41) is 5.18. The summed E-state index contributed by atoms with van der Waals surface area (Å²) in [6, 6.07) is 1.06. The van der Waals surface area contributed by atoms with E-state index in [-0.39, 0.29) is 5.56 Å². The van der Waals surface area contributed by atoms with E-state index in [2.05, 4.69) is 20.2 Å². The topological polar surface area (TPSA) is 73.9 Å². The number of pyridine rings is 1. The van der Waals surface area contributed by atoms with Crippen molar-refractivity contribution in [2.45, 2.75) is 37.0 Å². The van der Waals surface area contributed by atoms with E-state index in [0.717, 1.165) is 29.9 Å². The van der Waals surface area contributed by atoms with Gasteiger partial charge in [-0.1, -0.05) is 11.8 Å². The quantitative estimate of drug-likeness (QED) is 0.642. The van der Waals surface area contributed by atoms with Gasteiger partial charge in [-0.2, -0.15) is 0 Å². The monoisotopic (exact) mass is 317 g/mol. The lowest BCUT2D eigenvalue weighted by atomic mass is 10.1. The molecule has 2 bridgehead atoms. The minimum atomic E-state index is -0.141. The molecule has 0 radical (unpaired) electrons. The van der Waals surface area contributed by atoms with E-state index >= 15 is 0 Å². The Morgan fingerprint density at radius 1 is 1.27 bits per heavy atom. The number of nitrogens with one attached hydrogen (secondary N) is 2. The average molecular weight is 317 g/mol. The summed E-state index contributed by atoms with van der Waals surface area (Å²) in [4.78, 5) is 26.5. The van der Waals surface area contributed by atoms with E-state index < -0.39 is 0 Å². The molecular formula is C15H19N5OS. The third kappa shape index (κ3) is 2.19. The number of anilines is 1. The van der Waals surface area contributed by atoms with Crippen molar-refractivity contribution >= 4 is 28.5 Å². The summed E-state index contributed by atoms with van der Waals surface area (Å²) in [6.45, 7) is 3.89. The number of aromatic amines is 1. The lowest BCUT2D eigenvalue weighted by Crippen LogP contribution is -2.51. The molecule has 4 rings (SSSR count). The highest BCUT2D eigenvalue weighted by Crippen LogP contribution is 2.31. The molecule has 0 aliphatic carbocycles. The maximum absolute atomic E-state index is 12.2. The highest BCUT2D eigenvalue weighted by molar-refractivity contribution is 7.98. The largest absolute Gasteiger partial charge is 0.353 e. The van der Waals surface area contributed by atoms with Crippen LogP contribution in [0.3, 0.4) is 0 Å². The first-order chi connectivity index (χ1) is 10.7. The van der Waals surface area contributed by atoms with Crippen molar-refractivity contribution in [1.82, 2.24) is 20.3 Å². The SMILES string of the molecule is CSc1nc(N2CC3CCC(C2)N3)c2c(C)c[nH]c(=O)c2n1. The maximum Gasteiger partial charge on any atom is 0.274 e. The predicted molar refractivity (Wildman–Crippen MR) is 88.8 cm³/mol. The van der Waals surface area contributed by atoms with Crippen LogP contribution in [0.15, 0.2) is 16.1 Å². The number of hydrogen-bond donors (Lipinski definition) is 2. The van der Waals surface area contributed by atoms with E-state index in [1.807, 2.05) is 13.2 Å². The summed E-state index contributed by atoms with van der Waals surface area (Å²) < 4.78 is 0. The van der Waals surface area contributed by atoms with Crippen LogP contribution < -0.4 is 15.8 Å². The van der Waals surface area contributed by atoms with Gasteiger partial charge in [0.25, 0.3) is 5.56 Å². The van der Waals surface area contributed by atoms with Crippen molar-refractivity contribution in [1.29, 1.82) is 0 Å². The standard InChI is InChI=1S/C15H19N5OS/c1-8-5-16-14(21)12-11(8)13(19-15(18-12)22-2)20-6-9-3-4-10(7-20)17-9/h5,9-10,17H,3-4,6-7H2,1-2H3,(H,16,21). The number of H-pyrrole nitrogens is 1. The minimum Gasteiger partial charge on any atom is -0.353 e. The zero-order valence-electron chi connectivity index (χ0n) is 12.7. The average Bonchev–Trinajstić information content (AvgIpc) is 2.88. The molecule has 22 heavy (non-hydrogen) atoms. The van der Waals surface area contributed by atoms with Crippen molar-refractivity contribution in [3.8, 4) is 0 Å². The van der Waals surface area contributed by atoms with Crippen LogP contribution in [0.5, 0.6) is 0 Å². The number of aromatic nitrogens is 3. The smallest absolute Gasteiger partial charge is 0.274 e. The molecule has 0 spiro atoms. The summed E-state index contributed by atoms with van der Waals surface area (Å²) in [5.74, 6) is 0.913. The first kappa shape index (κ1) is 14.0. The Morgan fingerprint density at radius 3 is 2.68 bits per heavy atom. The molecule has 7 heteroatoms. The van der Waals surface area contributed by atoms with Gasteiger partial charge in [0, 0.05) is 31.4 Å². The van der Waals surface area contributed by atoms with Crippen molar-refractivity contribution in [2.75, 3.05) is 24.2 Å². The Balaban J connectivity index is 1.92. The van der Waals surface area contributed by atoms with Crippen molar-refractivity contribution in [3.63, 3.8) is 0 Å². The second-order valence-corrected chi connectivity index (χ2v) is 6.87. The molecule has 2 unspecified atom stereocenters. The molecule has 6 nitrogen and oxygen atoms in total. The highest BCUT2D eigenvalue weighted by Gasteiger charge is 2.33. The molecular weight excluding hydrogens is 298 g/mol. The second kappa shape index (κ2) is 5.24. The number of hydrogen-bond acceptors (Lipinski definition) is 6. The van der Waals surface area contributed by atoms with Gasteiger partial charge in [0.15, 0.2) is 5.16 Å². The third-order valence-corrected chi connectivity index (χ3v) is 5.14. The molecule has 2 aliphatic heterocycles. The second-order valence-electron chi connectivity index (χ2n) is 6.10. The lowest BCUT2D eigenvalue weighted by molar-refractivity contribution is 0.463. The fourth-order valence-electron chi connectivity index (χ4n) is 3.56. The van der Waals surface area contributed by atoms with Gasteiger partial charge in [-0.05, 0) is 31.6 Å². The number of thioether (sulfide) groups is 1. The Hall–Kier alpha value is -1.60. The van der Waals surface area contributed by atoms with Gasteiger partial charge >= 0.3 is 0 Å². The predicted octanol–water partition coefficient (Wildman–Crippen LogP) is 1.29. The summed E-state index contributed by atoms with van der Waals surface area (Å²) in [5.41, 5.74) is 1.38. The third-order valence-electron chi connectivity index (χ3n) is 4.60. The summed E-state index contributed by atoms with van der Waals surface area (Å²) in [6.07, 6.45) is 6.14. The van der Waals surface area contributed by atoms with Gasteiger partial charge in [0.1, 0.15) is 11.3 Å². The van der Waals surface area contributed by atoms with E-state index in [1.54, 1.807) is 6.20 Å². The summed E-state index contributed by atoms with van der Waals surface area (Å²) >= 11 is 1.48. The van der Waals surface area contributed by atoms with E-state index in [9.17, 15) is 4.79 Å². The Labute approximate surface area is 132 Å². The number of rotatable bonds is 2. The molecule has 2 aromatic heterocycles. The molecule has 4 heterocycles. The Bertz CT molecular complexity index is 777. The summed E-state index contributed by atoms with van der Waals surface area (Å²) in [7, 11) is 0. The van der Waals surface area contributed by atoms with Crippen LogP contribution in [0.1, 0.15) is 18.4 Å². The highest BCUT2D eigenvalue weighted by atomic mass is 32.2. The van der Waals surface area contributed by atoms with Crippen LogP contribution in [0, 0.1) is 6.92 Å². The van der Waals surface area contributed by atoms with Gasteiger partial charge in [-0.3, -0.25) is 4.79 Å². The van der Waals surface area contributed by atoms with E-state index in [4.69, 9.17) is 4.98 Å². The van der Waals surface area contributed by atoms with E-state index in [1.165, 1.54) is 24.6 Å². The van der Waals surface area contributed by atoms with Crippen LogP contribution in [0.2, 0.25) is 0 Å². The Kier molecular flexibility index (Phi) is 3.34. The van der Waals surface area contributed by atoms with Gasteiger partial charge in [0.2, 0.25) is 0 Å². The van der Waals surface area contributed by atoms with Crippen LogP contribution >= 0.6 is 11.8 Å². The first-order valence-corrected chi connectivity index (χ1v) is 8.83. The first-order valence-electron chi connectivity index (χ1n) is 7.60. The molecule has 0 saturated carbocycles. The fourth-order valence-corrected chi connectivity index (χ4v) is 3.92. The van der Waals surface area contributed by atoms with Crippen molar-refractivity contribution in [2.24, 2.45) is 0 Å². The molecule has 2 saturated heterocycles. The number of fused-ring (bicyclic) bond motifs is 3. The molecule has 0 aromatic carbocycles. The van der Waals surface area contributed by atoms with Crippen LogP contribution in [-0.2, 0) is 0 Å². The fraction of sp³-hybridized carbons (Fsp3) is 0.533. The minimum absolute atomic E-state index is 0.141. The van der Waals surface area contributed by atoms with Gasteiger partial charge in [-0.15, -0.1) is 0 Å². The molecule has 116 valence electrons. The molecule has 2 N–H and O–H groups in total. The van der Waals surface area contributed by atoms with Crippen LogP contribution in [0.25, 0.3) is 10.9 Å².